The summed E-state index contributed by atoms with van der Waals surface area (Å²) in [4.78, 5) is 24.3. The number of carbonyl (C=O) groups is 1. The summed E-state index contributed by atoms with van der Waals surface area (Å²) < 4.78 is 6.64. The summed E-state index contributed by atoms with van der Waals surface area (Å²) in [6, 6.07) is 8.01. The van der Waals surface area contributed by atoms with E-state index in [9.17, 15) is 4.79 Å². The molecular formula is C27H29N5O2. The Labute approximate surface area is 199 Å². The lowest BCUT2D eigenvalue weighted by Crippen LogP contribution is -2.64. The number of hydrogen-bond acceptors (Lipinski definition) is 6. The minimum absolute atomic E-state index is 0.0306. The molecule has 1 fully saturated rings. The molecule has 0 bridgehead atoms. The third-order valence-electron chi connectivity index (χ3n) is 7.29. The second-order valence-electron chi connectivity index (χ2n) is 9.76. The number of likely N-dealkylation sites (N-methyl/N-ethyl adjacent to an activating group) is 1. The second kappa shape index (κ2) is 8.40. The fraction of sp³-hybridized carbons (Fsp3) is 0.370. The first kappa shape index (κ1) is 21.1. The molecule has 1 saturated carbocycles. The summed E-state index contributed by atoms with van der Waals surface area (Å²) in [6.45, 7) is 1.50. The van der Waals surface area contributed by atoms with Crippen LogP contribution in [0.15, 0.2) is 77.4 Å². The lowest BCUT2D eigenvalue weighted by Gasteiger charge is -2.47. The molecule has 6 rings (SSSR count). The molecule has 7 nitrogen and oxygen atoms in total. The Morgan fingerprint density at radius 3 is 2.44 bits per heavy atom. The number of nitrogens with zero attached hydrogens (tertiary/aromatic N) is 3. The van der Waals surface area contributed by atoms with Gasteiger partial charge in [0.2, 0.25) is 5.88 Å². The molecule has 7 heteroatoms. The van der Waals surface area contributed by atoms with E-state index in [4.69, 9.17) is 4.74 Å². The maximum Gasteiger partial charge on any atom is 0.255 e. The van der Waals surface area contributed by atoms with E-state index in [1.54, 1.807) is 24.8 Å². The van der Waals surface area contributed by atoms with Gasteiger partial charge in [0.1, 0.15) is 11.4 Å². The van der Waals surface area contributed by atoms with E-state index >= 15 is 0 Å². The number of rotatable bonds is 2. The first-order valence-corrected chi connectivity index (χ1v) is 12.1. The van der Waals surface area contributed by atoms with Crippen molar-refractivity contribution in [3.05, 3.63) is 88.5 Å². The van der Waals surface area contributed by atoms with Crippen molar-refractivity contribution in [3.8, 4) is 0 Å². The number of ether oxygens (including phenoxy) is 1. The molecule has 1 spiro atoms. The monoisotopic (exact) mass is 455 g/mol. The molecular weight excluding hydrogens is 426 g/mol. The third kappa shape index (κ3) is 3.70. The van der Waals surface area contributed by atoms with Crippen LogP contribution < -0.4 is 10.6 Å². The van der Waals surface area contributed by atoms with Crippen LogP contribution in [0, 0.1) is 0 Å². The van der Waals surface area contributed by atoms with E-state index in [1.807, 2.05) is 24.3 Å². The SMILES string of the molecule is CN1CC2=C(OC3=C(C(=O)NC4(CCCCC4)N3)C2c2ccncc2)/C(=C\c2ccncc2)C1. The maximum absolute atomic E-state index is 13.7. The highest BCUT2D eigenvalue weighted by molar-refractivity contribution is 5.98. The zero-order valence-corrected chi connectivity index (χ0v) is 19.4. The van der Waals surface area contributed by atoms with Crippen LogP contribution in [0.1, 0.15) is 49.1 Å². The predicted molar refractivity (Wildman–Crippen MR) is 129 cm³/mol. The first-order chi connectivity index (χ1) is 16.6. The quantitative estimate of drug-likeness (QED) is 0.722. The van der Waals surface area contributed by atoms with Crippen molar-refractivity contribution in [2.45, 2.75) is 43.7 Å². The van der Waals surface area contributed by atoms with Gasteiger partial charge >= 0.3 is 0 Å². The Bertz CT molecular complexity index is 1200. The minimum Gasteiger partial charge on any atom is -0.440 e. The maximum atomic E-state index is 13.7. The van der Waals surface area contributed by atoms with Crippen LogP contribution in [0.2, 0.25) is 0 Å². The zero-order chi connectivity index (χ0) is 23.1. The molecule has 5 heterocycles. The lowest BCUT2D eigenvalue weighted by atomic mass is 9.78. The molecule has 2 N–H and O–H groups in total. The summed E-state index contributed by atoms with van der Waals surface area (Å²) in [7, 11) is 2.11. The van der Waals surface area contributed by atoms with Gasteiger partial charge in [-0.1, -0.05) is 6.42 Å². The van der Waals surface area contributed by atoms with Crippen LogP contribution in [-0.2, 0) is 9.53 Å². The van der Waals surface area contributed by atoms with Crippen LogP contribution >= 0.6 is 0 Å². The summed E-state index contributed by atoms with van der Waals surface area (Å²) >= 11 is 0. The lowest BCUT2D eigenvalue weighted by molar-refractivity contribution is -0.122. The molecule has 1 aliphatic carbocycles. The van der Waals surface area contributed by atoms with Crippen molar-refractivity contribution < 1.29 is 9.53 Å². The fourth-order valence-corrected chi connectivity index (χ4v) is 5.76. The van der Waals surface area contributed by atoms with Gasteiger partial charge in [0, 0.05) is 49.4 Å². The number of aromatic nitrogens is 2. The summed E-state index contributed by atoms with van der Waals surface area (Å²) in [5.74, 6) is 1.26. The molecule has 34 heavy (non-hydrogen) atoms. The van der Waals surface area contributed by atoms with E-state index in [0.717, 1.165) is 66.8 Å². The van der Waals surface area contributed by atoms with Crippen molar-refractivity contribution in [2.75, 3.05) is 20.1 Å². The van der Waals surface area contributed by atoms with E-state index < -0.39 is 5.66 Å². The Kier molecular flexibility index (Phi) is 5.21. The minimum atomic E-state index is -0.421. The van der Waals surface area contributed by atoms with Gasteiger partial charge in [-0.25, -0.2) is 0 Å². The highest BCUT2D eigenvalue weighted by Crippen LogP contribution is 2.46. The number of carbonyl (C=O) groups excluding carboxylic acids is 1. The van der Waals surface area contributed by atoms with Gasteiger partial charge in [0.25, 0.3) is 5.91 Å². The highest BCUT2D eigenvalue weighted by atomic mass is 16.5. The molecule has 2 aromatic rings. The highest BCUT2D eigenvalue weighted by Gasteiger charge is 2.47. The van der Waals surface area contributed by atoms with Crippen molar-refractivity contribution in [3.63, 3.8) is 0 Å². The van der Waals surface area contributed by atoms with Crippen molar-refractivity contribution in [1.29, 1.82) is 0 Å². The van der Waals surface area contributed by atoms with Gasteiger partial charge in [0.05, 0.1) is 5.57 Å². The van der Waals surface area contributed by atoms with Gasteiger partial charge in [-0.05, 0) is 79.8 Å². The number of amides is 1. The van der Waals surface area contributed by atoms with Gasteiger partial charge in [-0.2, -0.15) is 0 Å². The van der Waals surface area contributed by atoms with E-state index in [0.29, 0.717) is 11.5 Å². The molecule has 3 aliphatic heterocycles. The first-order valence-electron chi connectivity index (χ1n) is 12.1. The fourth-order valence-electron chi connectivity index (χ4n) is 5.76. The summed E-state index contributed by atoms with van der Waals surface area (Å²) in [6.07, 6.45) is 14.6. The van der Waals surface area contributed by atoms with Crippen LogP contribution in [0.25, 0.3) is 6.08 Å². The third-order valence-corrected chi connectivity index (χ3v) is 7.29. The van der Waals surface area contributed by atoms with Gasteiger partial charge in [-0.15, -0.1) is 0 Å². The molecule has 0 radical (unpaired) electrons. The van der Waals surface area contributed by atoms with Crippen molar-refractivity contribution in [2.24, 2.45) is 0 Å². The number of pyridine rings is 2. The van der Waals surface area contributed by atoms with Gasteiger partial charge < -0.3 is 15.4 Å². The standard InChI is InChI=1S/C27H29N5O2/c1-32-16-20(15-18-5-11-28-12-6-18)24-21(17-32)22(19-7-13-29-14-8-19)23-25(33)30-27(31-26(23)34-24)9-3-2-4-10-27/h5-8,11-15,22,31H,2-4,9-10,16-17H2,1H3,(H,30,33)/b20-15-. The number of nitrogens with one attached hydrogen (secondary N) is 2. The van der Waals surface area contributed by atoms with E-state index in [2.05, 4.69) is 38.6 Å². The Morgan fingerprint density at radius 1 is 1.00 bits per heavy atom. The van der Waals surface area contributed by atoms with Crippen LogP contribution in [0.3, 0.4) is 0 Å². The Morgan fingerprint density at radius 2 is 1.71 bits per heavy atom. The average Bonchev–Trinajstić information content (AvgIpc) is 2.85. The van der Waals surface area contributed by atoms with Gasteiger partial charge in [-0.3, -0.25) is 19.7 Å². The molecule has 174 valence electrons. The van der Waals surface area contributed by atoms with Crippen LogP contribution in [0.4, 0.5) is 0 Å². The normalized spacial score (nSPS) is 25.4. The average molecular weight is 456 g/mol. The zero-order valence-electron chi connectivity index (χ0n) is 19.4. The van der Waals surface area contributed by atoms with Crippen molar-refractivity contribution >= 4 is 12.0 Å². The summed E-state index contributed by atoms with van der Waals surface area (Å²) in [5, 5.41) is 6.98. The topological polar surface area (TPSA) is 79.4 Å². The van der Waals surface area contributed by atoms with Crippen LogP contribution in [0.5, 0.6) is 0 Å². The smallest absolute Gasteiger partial charge is 0.255 e. The summed E-state index contributed by atoms with van der Waals surface area (Å²) in [5.41, 5.74) is 4.58. The molecule has 0 saturated heterocycles. The molecule has 4 aliphatic rings. The Balaban J connectivity index is 1.49. The molecule has 1 unspecified atom stereocenters. The number of hydrogen-bond donors (Lipinski definition) is 2. The molecule has 1 atom stereocenters. The largest absolute Gasteiger partial charge is 0.440 e. The molecule has 2 aromatic heterocycles. The van der Waals surface area contributed by atoms with E-state index in [1.165, 1.54) is 6.42 Å². The predicted octanol–water partition coefficient (Wildman–Crippen LogP) is 3.46. The second-order valence-corrected chi connectivity index (χ2v) is 9.76. The van der Waals surface area contributed by atoms with Crippen molar-refractivity contribution in [1.82, 2.24) is 25.5 Å². The Hall–Kier alpha value is -3.45. The molecule has 1 amide bonds. The van der Waals surface area contributed by atoms with E-state index in [-0.39, 0.29) is 11.8 Å². The molecule has 0 aromatic carbocycles. The van der Waals surface area contributed by atoms with Crippen LogP contribution in [-0.4, -0.2) is 46.6 Å². The van der Waals surface area contributed by atoms with Gasteiger partial charge in [0.15, 0.2) is 0 Å².